The van der Waals surface area contributed by atoms with Crippen LogP contribution in [0.25, 0.3) is 0 Å². The highest BCUT2D eigenvalue weighted by Gasteiger charge is 2.21. The van der Waals surface area contributed by atoms with Gasteiger partial charge in [-0.15, -0.1) is 0 Å². The third kappa shape index (κ3) is 3.51. The predicted molar refractivity (Wildman–Crippen MR) is 85.7 cm³/mol. The average Bonchev–Trinajstić information content (AvgIpc) is 2.59. The minimum Gasteiger partial charge on any atom is -0.497 e. The second-order valence-corrected chi connectivity index (χ2v) is 5.08. The number of ether oxygens (including phenoxy) is 2. The third-order valence-corrected chi connectivity index (χ3v) is 3.73. The van der Waals surface area contributed by atoms with Gasteiger partial charge in [-0.1, -0.05) is 19.1 Å². The number of carboxylic acid groups (broad SMARTS) is 1. The Morgan fingerprint density at radius 2 is 1.65 bits per heavy atom. The lowest BCUT2D eigenvalue weighted by Gasteiger charge is -2.14. The Hall–Kier alpha value is -2.82. The molecule has 0 amide bonds. The molecule has 1 N–H and O–H groups in total. The zero-order valence-electron chi connectivity index (χ0n) is 13.2. The van der Waals surface area contributed by atoms with Crippen molar-refractivity contribution < 1.29 is 24.2 Å². The van der Waals surface area contributed by atoms with E-state index in [-0.39, 0.29) is 11.3 Å². The molecule has 0 saturated carbocycles. The largest absolute Gasteiger partial charge is 0.497 e. The molecule has 0 fully saturated rings. The van der Waals surface area contributed by atoms with Crippen LogP contribution in [0, 0.1) is 0 Å². The lowest BCUT2D eigenvalue weighted by molar-refractivity contribution is 0.0696. The first-order chi connectivity index (χ1) is 11.0. The molecular weight excluding hydrogens is 296 g/mol. The monoisotopic (exact) mass is 314 g/mol. The van der Waals surface area contributed by atoms with Crippen LogP contribution in [-0.4, -0.2) is 31.1 Å². The summed E-state index contributed by atoms with van der Waals surface area (Å²) in [5.41, 5.74) is 1.40. The number of carbonyl (C=O) groups excluding carboxylic acids is 1. The summed E-state index contributed by atoms with van der Waals surface area (Å²) in [5, 5.41) is 8.92. The van der Waals surface area contributed by atoms with Crippen LogP contribution in [0.3, 0.4) is 0 Å². The molecule has 0 bridgehead atoms. The van der Waals surface area contributed by atoms with Gasteiger partial charge >= 0.3 is 5.97 Å². The first-order valence-corrected chi connectivity index (χ1v) is 7.07. The van der Waals surface area contributed by atoms with Gasteiger partial charge < -0.3 is 14.6 Å². The van der Waals surface area contributed by atoms with Gasteiger partial charge in [0.1, 0.15) is 11.5 Å². The quantitative estimate of drug-likeness (QED) is 0.827. The molecule has 0 aromatic heterocycles. The molecule has 2 aromatic rings. The highest BCUT2D eigenvalue weighted by Crippen LogP contribution is 2.29. The van der Waals surface area contributed by atoms with Crippen molar-refractivity contribution in [1.29, 1.82) is 0 Å². The van der Waals surface area contributed by atoms with Crippen molar-refractivity contribution in [3.63, 3.8) is 0 Å². The molecule has 0 aliphatic heterocycles. The Labute approximate surface area is 134 Å². The van der Waals surface area contributed by atoms with E-state index < -0.39 is 11.9 Å². The Morgan fingerprint density at radius 1 is 1.00 bits per heavy atom. The maximum atomic E-state index is 12.7. The molecule has 2 aromatic carbocycles. The number of ketones is 1. The zero-order chi connectivity index (χ0) is 17.0. The van der Waals surface area contributed by atoms with Gasteiger partial charge in [-0.05, 0) is 29.8 Å². The molecule has 5 nitrogen and oxygen atoms in total. The standard InChI is InChI=1S/C18H18O5/c1-11(12-4-6-13(7-5-12)18(20)21)17(19)15-9-8-14(22-2)10-16(15)23-3/h4-11H,1-3H3,(H,20,21). The summed E-state index contributed by atoms with van der Waals surface area (Å²) < 4.78 is 10.4. The van der Waals surface area contributed by atoms with E-state index in [1.807, 2.05) is 0 Å². The van der Waals surface area contributed by atoms with Crippen LogP contribution in [0.1, 0.15) is 39.1 Å². The van der Waals surface area contributed by atoms with E-state index in [4.69, 9.17) is 14.6 Å². The zero-order valence-corrected chi connectivity index (χ0v) is 13.2. The molecule has 0 heterocycles. The van der Waals surface area contributed by atoms with E-state index in [1.165, 1.54) is 19.2 Å². The van der Waals surface area contributed by atoms with Crippen molar-refractivity contribution in [3.8, 4) is 11.5 Å². The summed E-state index contributed by atoms with van der Waals surface area (Å²) in [6, 6.07) is 11.3. The first-order valence-electron chi connectivity index (χ1n) is 7.07. The lowest BCUT2D eigenvalue weighted by Crippen LogP contribution is -2.11. The van der Waals surface area contributed by atoms with Crippen LogP contribution in [-0.2, 0) is 0 Å². The Balaban J connectivity index is 2.30. The summed E-state index contributed by atoms with van der Waals surface area (Å²) in [5.74, 6) is -0.458. The van der Waals surface area contributed by atoms with Gasteiger partial charge in [0.25, 0.3) is 0 Å². The fraction of sp³-hybridized carbons (Fsp3) is 0.222. The third-order valence-electron chi connectivity index (χ3n) is 3.73. The molecule has 1 unspecified atom stereocenters. The number of aromatic carboxylic acids is 1. The molecule has 5 heteroatoms. The lowest BCUT2D eigenvalue weighted by atomic mass is 9.91. The molecule has 23 heavy (non-hydrogen) atoms. The maximum Gasteiger partial charge on any atom is 0.335 e. The molecule has 0 saturated heterocycles. The van der Waals surface area contributed by atoms with Crippen LogP contribution in [0.4, 0.5) is 0 Å². The Bertz CT molecular complexity index is 719. The van der Waals surface area contributed by atoms with Crippen LogP contribution in [0.5, 0.6) is 11.5 Å². The molecule has 0 radical (unpaired) electrons. The van der Waals surface area contributed by atoms with Crippen LogP contribution >= 0.6 is 0 Å². The number of methoxy groups -OCH3 is 2. The van der Waals surface area contributed by atoms with Gasteiger partial charge in [0.2, 0.25) is 0 Å². The van der Waals surface area contributed by atoms with E-state index in [0.29, 0.717) is 17.1 Å². The fourth-order valence-corrected chi connectivity index (χ4v) is 2.30. The van der Waals surface area contributed by atoms with Gasteiger partial charge in [-0.25, -0.2) is 4.79 Å². The summed E-state index contributed by atoms with van der Waals surface area (Å²) in [4.78, 5) is 23.6. The van der Waals surface area contributed by atoms with Crippen molar-refractivity contribution in [2.45, 2.75) is 12.8 Å². The Kier molecular flexibility index (Phi) is 5.01. The van der Waals surface area contributed by atoms with Gasteiger partial charge in [-0.2, -0.15) is 0 Å². The van der Waals surface area contributed by atoms with Crippen LogP contribution in [0.15, 0.2) is 42.5 Å². The van der Waals surface area contributed by atoms with Gasteiger partial charge in [0.15, 0.2) is 5.78 Å². The van der Waals surface area contributed by atoms with Gasteiger partial charge in [0.05, 0.1) is 25.3 Å². The minimum atomic E-state index is -0.993. The van der Waals surface area contributed by atoms with E-state index in [9.17, 15) is 9.59 Å². The summed E-state index contributed by atoms with van der Waals surface area (Å²) >= 11 is 0. The highest BCUT2D eigenvalue weighted by molar-refractivity contribution is 6.03. The number of benzene rings is 2. The van der Waals surface area contributed by atoms with Crippen molar-refractivity contribution >= 4 is 11.8 Å². The molecule has 0 aliphatic rings. The molecule has 120 valence electrons. The van der Waals surface area contributed by atoms with Crippen molar-refractivity contribution in [2.75, 3.05) is 14.2 Å². The second-order valence-electron chi connectivity index (χ2n) is 5.08. The molecular formula is C18H18O5. The SMILES string of the molecule is COc1ccc(C(=O)C(C)c2ccc(C(=O)O)cc2)c(OC)c1. The second kappa shape index (κ2) is 6.96. The van der Waals surface area contributed by atoms with Crippen molar-refractivity contribution in [1.82, 2.24) is 0 Å². The minimum absolute atomic E-state index is 0.104. The topological polar surface area (TPSA) is 72.8 Å². The van der Waals surface area contributed by atoms with Gasteiger partial charge in [0, 0.05) is 12.0 Å². The fourth-order valence-electron chi connectivity index (χ4n) is 2.30. The predicted octanol–water partition coefficient (Wildman–Crippen LogP) is 3.39. The normalized spacial score (nSPS) is 11.6. The summed E-state index contributed by atoms with van der Waals surface area (Å²) in [6.45, 7) is 1.78. The number of hydrogen-bond acceptors (Lipinski definition) is 4. The number of Topliss-reactive ketones (excluding diaryl/α,β-unsaturated/α-hetero) is 1. The first kappa shape index (κ1) is 16.5. The van der Waals surface area contributed by atoms with Crippen molar-refractivity contribution in [2.24, 2.45) is 0 Å². The Morgan fingerprint density at radius 3 is 2.17 bits per heavy atom. The number of carboxylic acids is 1. The van der Waals surface area contributed by atoms with Gasteiger partial charge in [-0.3, -0.25) is 4.79 Å². The van der Waals surface area contributed by atoms with Crippen LogP contribution in [0.2, 0.25) is 0 Å². The molecule has 2 rings (SSSR count). The van der Waals surface area contributed by atoms with E-state index in [2.05, 4.69) is 0 Å². The summed E-state index contributed by atoms with van der Waals surface area (Å²) in [7, 11) is 3.04. The number of rotatable bonds is 6. The van der Waals surface area contributed by atoms with E-state index in [1.54, 1.807) is 44.4 Å². The van der Waals surface area contributed by atoms with Crippen LogP contribution < -0.4 is 9.47 Å². The number of hydrogen-bond donors (Lipinski definition) is 1. The maximum absolute atomic E-state index is 12.7. The number of carbonyl (C=O) groups is 2. The van der Waals surface area contributed by atoms with E-state index >= 15 is 0 Å². The molecule has 1 atom stereocenters. The van der Waals surface area contributed by atoms with E-state index in [0.717, 1.165) is 5.56 Å². The highest BCUT2D eigenvalue weighted by atomic mass is 16.5. The molecule has 0 aliphatic carbocycles. The smallest absolute Gasteiger partial charge is 0.335 e. The average molecular weight is 314 g/mol. The van der Waals surface area contributed by atoms with Crippen molar-refractivity contribution in [3.05, 3.63) is 59.2 Å². The molecule has 0 spiro atoms. The summed E-state index contributed by atoms with van der Waals surface area (Å²) in [6.07, 6.45) is 0.